The van der Waals surface area contributed by atoms with E-state index in [1.807, 2.05) is 38.1 Å². The second kappa shape index (κ2) is 6.55. The summed E-state index contributed by atoms with van der Waals surface area (Å²) in [5.74, 6) is 0.902. The molecule has 18 heavy (non-hydrogen) atoms. The first-order valence-electron chi connectivity index (χ1n) is 6.33. The molecular weight excluding hydrogens is 228 g/mol. The maximum Gasteiger partial charge on any atom is 0.168 e. The lowest BCUT2D eigenvalue weighted by molar-refractivity contribution is -0.141. The molecule has 1 aromatic carbocycles. The summed E-state index contributed by atoms with van der Waals surface area (Å²) in [6.07, 6.45) is 1.78. The number of ketones is 1. The van der Waals surface area contributed by atoms with Gasteiger partial charge in [-0.25, -0.2) is 0 Å². The number of carbonyl (C=O) groups excluding carboxylic acids is 1. The molecule has 0 aliphatic heterocycles. The monoisotopic (exact) mass is 250 g/mol. The Bertz CT molecular complexity index is 386. The van der Waals surface area contributed by atoms with Gasteiger partial charge in [0.15, 0.2) is 5.78 Å². The van der Waals surface area contributed by atoms with E-state index in [4.69, 9.17) is 9.47 Å². The van der Waals surface area contributed by atoms with E-state index in [-0.39, 0.29) is 5.78 Å². The molecule has 0 aromatic heterocycles. The van der Waals surface area contributed by atoms with Crippen LogP contribution in [-0.2, 0) is 16.0 Å². The summed E-state index contributed by atoms with van der Waals surface area (Å²) >= 11 is 0. The van der Waals surface area contributed by atoms with E-state index in [0.717, 1.165) is 11.3 Å². The molecule has 0 aliphatic carbocycles. The highest BCUT2D eigenvalue weighted by Crippen LogP contribution is 2.23. The number of benzene rings is 1. The molecule has 1 rings (SSSR count). The highest BCUT2D eigenvalue weighted by Gasteiger charge is 2.34. The second-order valence-corrected chi connectivity index (χ2v) is 4.36. The largest absolute Gasteiger partial charge is 0.497 e. The van der Waals surface area contributed by atoms with E-state index in [0.29, 0.717) is 19.3 Å². The summed E-state index contributed by atoms with van der Waals surface area (Å²) in [7, 11) is 3.23. The fourth-order valence-corrected chi connectivity index (χ4v) is 2.18. The molecule has 0 aliphatic rings. The molecule has 0 saturated carbocycles. The predicted octanol–water partition coefficient (Wildman–Crippen LogP) is 3.01. The summed E-state index contributed by atoms with van der Waals surface area (Å²) in [6, 6.07) is 7.60. The molecule has 0 spiro atoms. The molecule has 0 amide bonds. The molecule has 0 unspecified atom stereocenters. The second-order valence-electron chi connectivity index (χ2n) is 4.36. The van der Waals surface area contributed by atoms with Crippen molar-refractivity contribution in [1.82, 2.24) is 0 Å². The molecular formula is C15H22O3. The third kappa shape index (κ3) is 3.10. The summed E-state index contributed by atoms with van der Waals surface area (Å²) in [6.45, 7) is 3.97. The molecule has 0 fully saturated rings. The van der Waals surface area contributed by atoms with Crippen LogP contribution in [0, 0.1) is 0 Å². The van der Waals surface area contributed by atoms with Crippen molar-refractivity contribution in [3.63, 3.8) is 0 Å². The maximum atomic E-state index is 12.4. The first-order valence-corrected chi connectivity index (χ1v) is 6.33. The van der Waals surface area contributed by atoms with E-state index in [1.165, 1.54) is 0 Å². The Balaban J connectivity index is 2.85. The van der Waals surface area contributed by atoms with Crippen LogP contribution in [0.1, 0.15) is 32.3 Å². The van der Waals surface area contributed by atoms with Crippen molar-refractivity contribution in [2.45, 2.75) is 38.7 Å². The smallest absolute Gasteiger partial charge is 0.168 e. The Morgan fingerprint density at radius 2 is 1.89 bits per heavy atom. The van der Waals surface area contributed by atoms with Crippen LogP contribution in [0.25, 0.3) is 0 Å². The van der Waals surface area contributed by atoms with Gasteiger partial charge in [-0.05, 0) is 30.5 Å². The third-order valence-corrected chi connectivity index (χ3v) is 3.54. The van der Waals surface area contributed by atoms with Crippen LogP contribution in [0.2, 0.25) is 0 Å². The minimum Gasteiger partial charge on any atom is -0.497 e. The van der Waals surface area contributed by atoms with Gasteiger partial charge in [-0.2, -0.15) is 0 Å². The zero-order chi connectivity index (χ0) is 13.6. The Hall–Kier alpha value is -1.35. The molecule has 0 heterocycles. The molecule has 100 valence electrons. The van der Waals surface area contributed by atoms with E-state index >= 15 is 0 Å². The number of carbonyl (C=O) groups is 1. The van der Waals surface area contributed by atoms with Gasteiger partial charge in [-0.3, -0.25) is 4.79 Å². The predicted molar refractivity (Wildman–Crippen MR) is 72.0 cm³/mol. The summed E-state index contributed by atoms with van der Waals surface area (Å²) in [4.78, 5) is 12.4. The quantitative estimate of drug-likeness (QED) is 0.746. The van der Waals surface area contributed by atoms with E-state index in [2.05, 4.69) is 0 Å². The van der Waals surface area contributed by atoms with E-state index in [9.17, 15) is 4.79 Å². The topological polar surface area (TPSA) is 35.5 Å². The van der Waals surface area contributed by atoms with Gasteiger partial charge in [0, 0.05) is 13.5 Å². The molecule has 0 N–H and O–H groups in total. The molecule has 0 atom stereocenters. The zero-order valence-corrected chi connectivity index (χ0v) is 11.7. The van der Waals surface area contributed by atoms with Crippen molar-refractivity contribution in [2.75, 3.05) is 14.2 Å². The van der Waals surface area contributed by atoms with Crippen LogP contribution in [0.3, 0.4) is 0 Å². The molecule has 0 saturated heterocycles. The highest BCUT2D eigenvalue weighted by atomic mass is 16.5. The number of ether oxygens (including phenoxy) is 2. The molecule has 3 heteroatoms. The number of methoxy groups -OCH3 is 2. The van der Waals surface area contributed by atoms with Crippen molar-refractivity contribution < 1.29 is 14.3 Å². The Labute approximate surface area is 109 Å². The number of Topliss-reactive ketones (excluding diaryl/α,β-unsaturated/α-hetero) is 1. The molecule has 0 radical (unpaired) electrons. The van der Waals surface area contributed by atoms with Gasteiger partial charge in [0.25, 0.3) is 0 Å². The number of hydrogen-bond acceptors (Lipinski definition) is 3. The minimum atomic E-state index is -0.650. The molecule has 1 aromatic rings. The Morgan fingerprint density at radius 3 is 2.39 bits per heavy atom. The normalized spacial score (nSPS) is 11.3. The van der Waals surface area contributed by atoms with Crippen molar-refractivity contribution in [3.8, 4) is 5.75 Å². The fourth-order valence-electron chi connectivity index (χ4n) is 2.18. The summed E-state index contributed by atoms with van der Waals surface area (Å²) in [5, 5.41) is 0. The molecule has 3 nitrogen and oxygen atoms in total. The van der Waals surface area contributed by atoms with Gasteiger partial charge in [0.05, 0.1) is 7.11 Å². The lowest BCUT2D eigenvalue weighted by Gasteiger charge is -2.28. The van der Waals surface area contributed by atoms with Crippen LogP contribution in [-0.4, -0.2) is 25.6 Å². The lowest BCUT2D eigenvalue weighted by atomic mass is 9.88. The third-order valence-electron chi connectivity index (χ3n) is 3.54. The molecule has 0 bridgehead atoms. The van der Waals surface area contributed by atoms with E-state index < -0.39 is 5.60 Å². The first kappa shape index (κ1) is 14.7. The van der Waals surface area contributed by atoms with Crippen LogP contribution in [0.5, 0.6) is 5.75 Å². The number of hydrogen-bond donors (Lipinski definition) is 0. The van der Waals surface area contributed by atoms with Gasteiger partial charge < -0.3 is 9.47 Å². The minimum absolute atomic E-state index is 0.128. The van der Waals surface area contributed by atoms with Gasteiger partial charge in [0.2, 0.25) is 0 Å². The van der Waals surface area contributed by atoms with Gasteiger partial charge in [-0.15, -0.1) is 0 Å². The van der Waals surface area contributed by atoms with Crippen molar-refractivity contribution in [2.24, 2.45) is 0 Å². The van der Waals surface area contributed by atoms with Gasteiger partial charge in [0.1, 0.15) is 11.4 Å². The van der Waals surface area contributed by atoms with Gasteiger partial charge >= 0.3 is 0 Å². The Morgan fingerprint density at radius 1 is 1.22 bits per heavy atom. The van der Waals surface area contributed by atoms with Crippen molar-refractivity contribution in [3.05, 3.63) is 29.8 Å². The summed E-state index contributed by atoms with van der Waals surface area (Å²) in [5.41, 5.74) is 0.311. The number of rotatable bonds is 7. The van der Waals surface area contributed by atoms with Gasteiger partial charge in [-0.1, -0.05) is 26.0 Å². The summed E-state index contributed by atoms with van der Waals surface area (Å²) < 4.78 is 10.6. The SMILES string of the molecule is CCC(CC)(OC)C(=O)Cc1cccc(OC)c1. The zero-order valence-electron chi connectivity index (χ0n) is 11.7. The first-order chi connectivity index (χ1) is 8.61. The lowest BCUT2D eigenvalue weighted by Crippen LogP contribution is -2.40. The van der Waals surface area contributed by atoms with Crippen LogP contribution in [0.4, 0.5) is 0 Å². The van der Waals surface area contributed by atoms with Crippen LogP contribution >= 0.6 is 0 Å². The van der Waals surface area contributed by atoms with Crippen LogP contribution in [0.15, 0.2) is 24.3 Å². The fraction of sp³-hybridized carbons (Fsp3) is 0.533. The average molecular weight is 250 g/mol. The van der Waals surface area contributed by atoms with Crippen LogP contribution < -0.4 is 4.74 Å². The average Bonchev–Trinajstić information content (AvgIpc) is 2.41. The highest BCUT2D eigenvalue weighted by molar-refractivity contribution is 5.89. The Kier molecular flexibility index (Phi) is 5.35. The van der Waals surface area contributed by atoms with Crippen molar-refractivity contribution >= 4 is 5.78 Å². The standard InChI is InChI=1S/C15H22O3/c1-5-15(6-2,18-4)14(16)11-12-8-7-9-13(10-12)17-3/h7-10H,5-6,11H2,1-4H3. The van der Waals surface area contributed by atoms with Crippen molar-refractivity contribution in [1.29, 1.82) is 0 Å². The van der Waals surface area contributed by atoms with E-state index in [1.54, 1.807) is 14.2 Å². The maximum absolute atomic E-state index is 12.4.